The molecule has 0 unspecified atom stereocenters. The van der Waals surface area contributed by atoms with Gasteiger partial charge in [-0.1, -0.05) is 51.1 Å². The molecule has 3 nitrogen and oxygen atoms in total. The van der Waals surface area contributed by atoms with E-state index in [4.69, 9.17) is 4.74 Å². The van der Waals surface area contributed by atoms with Gasteiger partial charge in [-0.25, -0.2) is 0 Å². The van der Waals surface area contributed by atoms with Crippen molar-refractivity contribution in [2.75, 3.05) is 4.90 Å². The Morgan fingerprint density at radius 3 is 2.27 bits per heavy atom. The minimum Gasteiger partial charge on any atom is -0.489 e. The molecule has 1 aliphatic heterocycles. The molecule has 0 bridgehead atoms. The third-order valence-corrected chi connectivity index (χ3v) is 8.29. The molecule has 2 aliphatic rings. The Morgan fingerprint density at radius 1 is 1.03 bits per heavy atom. The van der Waals surface area contributed by atoms with Crippen LogP contribution < -0.4 is 9.64 Å². The summed E-state index contributed by atoms with van der Waals surface area (Å²) in [6.45, 7) is 9.64. The van der Waals surface area contributed by atoms with Crippen LogP contribution >= 0.6 is 11.8 Å². The summed E-state index contributed by atoms with van der Waals surface area (Å²) in [4.78, 5) is 15.1. The molecule has 0 N–H and O–H groups in total. The molecule has 4 heteroatoms. The van der Waals surface area contributed by atoms with Crippen molar-refractivity contribution in [2.24, 2.45) is 11.3 Å². The molecular formula is C26H33NO2S. The van der Waals surface area contributed by atoms with Crippen molar-refractivity contribution in [3.8, 4) is 5.75 Å². The van der Waals surface area contributed by atoms with Gasteiger partial charge in [0.05, 0.1) is 10.1 Å². The molecule has 1 aliphatic carbocycles. The number of rotatable bonds is 4. The lowest BCUT2D eigenvalue weighted by Gasteiger charge is -2.45. The van der Waals surface area contributed by atoms with E-state index in [9.17, 15) is 4.79 Å². The fraction of sp³-hybridized carbons (Fsp3) is 0.500. The minimum atomic E-state index is -0.0926. The molecular weight excluding hydrogens is 390 g/mol. The summed E-state index contributed by atoms with van der Waals surface area (Å²) in [7, 11) is 0. The first-order chi connectivity index (χ1) is 14.3. The zero-order valence-electron chi connectivity index (χ0n) is 18.6. The number of nitrogens with zero attached hydrogens (tertiary/aromatic N) is 1. The van der Waals surface area contributed by atoms with Crippen LogP contribution in [0.25, 0.3) is 0 Å². The van der Waals surface area contributed by atoms with E-state index in [-0.39, 0.29) is 16.0 Å². The van der Waals surface area contributed by atoms with Gasteiger partial charge in [-0.05, 0) is 73.8 Å². The van der Waals surface area contributed by atoms with E-state index in [0.717, 1.165) is 35.8 Å². The van der Waals surface area contributed by atoms with Gasteiger partial charge >= 0.3 is 0 Å². The lowest BCUT2D eigenvalue weighted by molar-refractivity contribution is -0.118. The molecule has 0 radical (unpaired) electrons. The second kappa shape index (κ2) is 8.30. The van der Waals surface area contributed by atoms with E-state index in [1.54, 1.807) is 0 Å². The summed E-state index contributed by atoms with van der Waals surface area (Å²) >= 11 is 1.87. The Morgan fingerprint density at radius 2 is 1.67 bits per heavy atom. The standard InChI is InChI=1S/C26H33NO2S/c1-19-24(28)27(26(30-19)16-14-21(15-17-26)25(2,3)4)22-10-12-23(13-11-22)29-18-20-8-6-5-7-9-20/h5-13,19,21H,14-18H2,1-4H3/t19-,21?,26?/m0/s1. The zero-order chi connectivity index (χ0) is 21.4. The van der Waals surface area contributed by atoms with E-state index >= 15 is 0 Å². The predicted molar refractivity (Wildman–Crippen MR) is 126 cm³/mol. The highest BCUT2D eigenvalue weighted by Crippen LogP contribution is 2.54. The number of hydrogen-bond acceptors (Lipinski definition) is 3. The molecule has 1 amide bonds. The van der Waals surface area contributed by atoms with Gasteiger partial charge < -0.3 is 4.74 Å². The van der Waals surface area contributed by atoms with Crippen LogP contribution in [0.4, 0.5) is 5.69 Å². The molecule has 2 fully saturated rings. The van der Waals surface area contributed by atoms with Crippen molar-refractivity contribution in [3.63, 3.8) is 0 Å². The maximum absolute atomic E-state index is 13.1. The normalized spacial score (nSPS) is 26.9. The lowest BCUT2D eigenvalue weighted by atomic mass is 9.71. The Kier molecular flexibility index (Phi) is 5.89. The number of hydrogen-bond donors (Lipinski definition) is 0. The van der Waals surface area contributed by atoms with Crippen molar-refractivity contribution >= 4 is 23.4 Å². The average Bonchev–Trinajstić information content (AvgIpc) is 2.96. The fourth-order valence-electron chi connectivity index (χ4n) is 4.89. The first-order valence-electron chi connectivity index (χ1n) is 11.1. The number of ether oxygens (including phenoxy) is 1. The number of thioether (sulfide) groups is 1. The number of carbonyl (C=O) groups is 1. The topological polar surface area (TPSA) is 29.5 Å². The largest absolute Gasteiger partial charge is 0.489 e. The number of anilines is 1. The maximum Gasteiger partial charge on any atom is 0.241 e. The third kappa shape index (κ3) is 4.25. The maximum atomic E-state index is 13.1. The SMILES string of the molecule is C[C@@H]1SC2(CCC(C(C)(C)C)CC2)N(c2ccc(OCc3ccccc3)cc2)C1=O. The molecule has 1 spiro atoms. The van der Waals surface area contributed by atoms with Crippen molar-refractivity contribution < 1.29 is 9.53 Å². The smallest absolute Gasteiger partial charge is 0.241 e. The van der Waals surface area contributed by atoms with E-state index in [1.807, 2.05) is 42.1 Å². The fourth-order valence-corrected chi connectivity index (χ4v) is 6.52. The number of benzene rings is 2. The van der Waals surface area contributed by atoms with Gasteiger partial charge in [0.2, 0.25) is 5.91 Å². The monoisotopic (exact) mass is 423 g/mol. The van der Waals surface area contributed by atoms with Gasteiger partial charge in [-0.3, -0.25) is 9.69 Å². The highest BCUT2D eigenvalue weighted by Gasteiger charge is 2.52. The van der Waals surface area contributed by atoms with Crippen molar-refractivity contribution in [2.45, 2.75) is 70.1 Å². The third-order valence-electron chi connectivity index (χ3n) is 6.71. The summed E-state index contributed by atoms with van der Waals surface area (Å²) in [5.74, 6) is 1.80. The first-order valence-corrected chi connectivity index (χ1v) is 12.0. The molecule has 1 atom stereocenters. The van der Waals surface area contributed by atoms with E-state index in [0.29, 0.717) is 12.0 Å². The van der Waals surface area contributed by atoms with Gasteiger partial charge in [0.15, 0.2) is 0 Å². The van der Waals surface area contributed by atoms with Crippen LogP contribution in [0.2, 0.25) is 0 Å². The summed E-state index contributed by atoms with van der Waals surface area (Å²) in [5.41, 5.74) is 2.48. The van der Waals surface area contributed by atoms with Crippen molar-refractivity contribution in [3.05, 3.63) is 60.2 Å². The second-order valence-electron chi connectivity index (χ2n) is 9.79. The molecule has 4 rings (SSSR count). The van der Waals surface area contributed by atoms with Gasteiger partial charge in [-0.15, -0.1) is 11.8 Å². The molecule has 160 valence electrons. The van der Waals surface area contributed by atoms with Gasteiger partial charge in [0, 0.05) is 5.69 Å². The van der Waals surface area contributed by atoms with Gasteiger partial charge in [-0.2, -0.15) is 0 Å². The molecule has 2 aromatic carbocycles. The molecule has 1 saturated heterocycles. The molecule has 30 heavy (non-hydrogen) atoms. The van der Waals surface area contributed by atoms with Crippen LogP contribution in [0, 0.1) is 11.3 Å². The first kappa shape index (κ1) is 21.3. The Bertz CT molecular complexity index is 864. The summed E-state index contributed by atoms with van der Waals surface area (Å²) in [5, 5.41) is 0.0187. The van der Waals surface area contributed by atoms with E-state index in [1.165, 1.54) is 12.8 Å². The van der Waals surface area contributed by atoms with Crippen LogP contribution in [-0.4, -0.2) is 16.0 Å². The molecule has 2 aromatic rings. The van der Waals surface area contributed by atoms with Crippen LogP contribution in [0.3, 0.4) is 0 Å². The van der Waals surface area contributed by atoms with Crippen molar-refractivity contribution in [1.29, 1.82) is 0 Å². The Balaban J connectivity index is 1.49. The lowest BCUT2D eigenvalue weighted by Crippen LogP contribution is -2.48. The molecule has 0 aromatic heterocycles. The van der Waals surface area contributed by atoms with E-state index < -0.39 is 0 Å². The van der Waals surface area contributed by atoms with E-state index in [2.05, 4.69) is 56.9 Å². The summed E-state index contributed by atoms with van der Waals surface area (Å²) < 4.78 is 5.94. The van der Waals surface area contributed by atoms with Crippen molar-refractivity contribution in [1.82, 2.24) is 0 Å². The van der Waals surface area contributed by atoms with Gasteiger partial charge in [0.1, 0.15) is 12.4 Å². The minimum absolute atomic E-state index is 0.0187. The summed E-state index contributed by atoms with van der Waals surface area (Å²) in [6.07, 6.45) is 4.51. The Hall–Kier alpha value is -1.94. The highest BCUT2D eigenvalue weighted by molar-refractivity contribution is 8.02. The molecule has 1 heterocycles. The molecule has 1 saturated carbocycles. The summed E-state index contributed by atoms with van der Waals surface area (Å²) in [6, 6.07) is 18.3. The number of amides is 1. The number of carbonyl (C=O) groups excluding carboxylic acids is 1. The zero-order valence-corrected chi connectivity index (χ0v) is 19.4. The quantitative estimate of drug-likeness (QED) is 0.550. The predicted octanol–water partition coefficient (Wildman–Crippen LogP) is 6.67. The van der Waals surface area contributed by atoms with Crippen LogP contribution in [0.5, 0.6) is 5.75 Å². The Labute approximate surface area is 185 Å². The van der Waals surface area contributed by atoms with Crippen LogP contribution in [0.15, 0.2) is 54.6 Å². The van der Waals surface area contributed by atoms with Crippen LogP contribution in [0.1, 0.15) is 58.9 Å². The van der Waals surface area contributed by atoms with Gasteiger partial charge in [0.25, 0.3) is 0 Å². The highest BCUT2D eigenvalue weighted by atomic mass is 32.2. The van der Waals surface area contributed by atoms with Crippen LogP contribution in [-0.2, 0) is 11.4 Å². The average molecular weight is 424 g/mol. The second-order valence-corrected chi connectivity index (χ2v) is 11.5.